The number of unbranched alkanes of at least 4 members (excludes halogenated alkanes) is 2. The second-order valence-electron chi connectivity index (χ2n) is 14.1. The summed E-state index contributed by atoms with van der Waals surface area (Å²) in [5.74, 6) is -3.57. The molecule has 0 aliphatic carbocycles. The monoisotopic (exact) mass is 777 g/mol. The molecule has 9 atom stereocenters. The van der Waals surface area contributed by atoms with Crippen molar-refractivity contribution in [2.45, 2.75) is 93.1 Å². The third kappa shape index (κ3) is 7.50. The Hall–Kier alpha value is -3.80. The van der Waals surface area contributed by atoms with Crippen LogP contribution in [0.1, 0.15) is 75.6 Å². The van der Waals surface area contributed by atoms with Crippen LogP contribution in [0.3, 0.4) is 0 Å². The number of likely N-dealkylation sites (tertiary alicyclic amines) is 1. The number of carbonyl (C=O) groups excluding carboxylic acids is 4. The molecule has 11 heteroatoms. The molecule has 0 radical (unpaired) electrons. The third-order valence-corrected chi connectivity index (χ3v) is 11.8. The molecule has 3 fully saturated rings. The van der Waals surface area contributed by atoms with Crippen LogP contribution >= 0.6 is 15.9 Å². The Balaban J connectivity index is 1.55. The minimum absolute atomic E-state index is 0.117. The zero-order chi connectivity index (χ0) is 37.6. The molecule has 52 heavy (non-hydrogen) atoms. The van der Waals surface area contributed by atoms with Crippen molar-refractivity contribution in [3.8, 4) is 0 Å². The number of likely N-dealkylation sites (N-methyl/N-ethyl adjacent to an activating group) is 1. The number of amides is 3. The quantitative estimate of drug-likeness (QED) is 0.0885. The van der Waals surface area contributed by atoms with E-state index in [-0.39, 0.29) is 29.6 Å². The number of nitrogens with zero attached hydrogens (tertiary/aromatic N) is 3. The largest absolute Gasteiger partial charge is 0.455 e. The summed E-state index contributed by atoms with van der Waals surface area (Å²) < 4.78 is 13.2. The Morgan fingerprint density at radius 1 is 1.08 bits per heavy atom. The van der Waals surface area contributed by atoms with Gasteiger partial charge in [0.05, 0.1) is 36.6 Å². The van der Waals surface area contributed by atoms with E-state index in [9.17, 15) is 24.3 Å². The Morgan fingerprint density at radius 2 is 1.73 bits per heavy atom. The number of hydrogen-bond donors (Lipinski definition) is 1. The predicted octanol–water partition coefficient (Wildman–Crippen LogP) is 5.77. The number of ether oxygens (including phenoxy) is 2. The second kappa shape index (κ2) is 17.4. The normalized spacial score (nSPS) is 26.3. The van der Waals surface area contributed by atoms with Gasteiger partial charge in [0.1, 0.15) is 17.7 Å². The number of allylic oxidation sites excluding steroid dienone is 1. The van der Waals surface area contributed by atoms with Crippen molar-refractivity contribution < 1.29 is 33.8 Å². The number of hydrogen-bond acceptors (Lipinski definition) is 7. The highest BCUT2D eigenvalue weighted by molar-refractivity contribution is 9.09. The number of alkyl halides is 1. The van der Waals surface area contributed by atoms with Crippen LogP contribution < -0.4 is 0 Å². The zero-order valence-corrected chi connectivity index (χ0v) is 32.0. The molecule has 0 saturated carbocycles. The first-order valence-electron chi connectivity index (χ1n) is 18.4. The fourth-order valence-electron chi connectivity index (χ4n) is 8.28. The Morgan fingerprint density at radius 3 is 2.33 bits per heavy atom. The van der Waals surface area contributed by atoms with Crippen LogP contribution in [0.5, 0.6) is 0 Å². The summed E-state index contributed by atoms with van der Waals surface area (Å²) >= 11 is 3.76. The number of aliphatic hydroxyl groups is 1. The molecule has 2 aromatic carbocycles. The van der Waals surface area contributed by atoms with E-state index in [0.717, 1.165) is 19.3 Å². The van der Waals surface area contributed by atoms with Crippen LogP contribution in [-0.4, -0.2) is 98.9 Å². The lowest BCUT2D eigenvalue weighted by Gasteiger charge is -2.39. The van der Waals surface area contributed by atoms with Gasteiger partial charge >= 0.3 is 5.97 Å². The van der Waals surface area contributed by atoms with Gasteiger partial charge in [-0.3, -0.25) is 19.2 Å². The molecule has 2 aromatic rings. The van der Waals surface area contributed by atoms with E-state index in [1.54, 1.807) is 29.0 Å². The van der Waals surface area contributed by atoms with Crippen molar-refractivity contribution in [2.24, 2.45) is 11.8 Å². The number of esters is 1. The molecule has 10 nitrogen and oxygen atoms in total. The lowest BCUT2D eigenvalue weighted by Crippen LogP contribution is -2.57. The molecule has 280 valence electrons. The van der Waals surface area contributed by atoms with Gasteiger partial charge in [0, 0.05) is 31.4 Å². The maximum absolute atomic E-state index is 15.0. The van der Waals surface area contributed by atoms with E-state index >= 15 is 0 Å². The summed E-state index contributed by atoms with van der Waals surface area (Å²) in [5, 5.41) is 10.9. The molecule has 3 saturated heterocycles. The average molecular weight is 779 g/mol. The van der Waals surface area contributed by atoms with Crippen LogP contribution in [0.25, 0.3) is 0 Å². The van der Waals surface area contributed by atoms with Gasteiger partial charge in [0.25, 0.3) is 0 Å². The van der Waals surface area contributed by atoms with Gasteiger partial charge in [-0.1, -0.05) is 109 Å². The summed E-state index contributed by atoms with van der Waals surface area (Å²) in [4.78, 5) is 62.0. The van der Waals surface area contributed by atoms with E-state index < -0.39 is 66.3 Å². The fourth-order valence-corrected chi connectivity index (χ4v) is 9.22. The number of aliphatic hydroxyl groups excluding tert-OH is 1. The maximum Gasteiger partial charge on any atom is 0.313 e. The van der Waals surface area contributed by atoms with E-state index in [4.69, 9.17) is 9.47 Å². The highest BCUT2D eigenvalue weighted by Gasteiger charge is 2.77. The van der Waals surface area contributed by atoms with Crippen molar-refractivity contribution in [3.63, 3.8) is 0 Å². The summed E-state index contributed by atoms with van der Waals surface area (Å²) in [6.07, 6.45) is 5.54. The van der Waals surface area contributed by atoms with Crippen molar-refractivity contribution in [1.29, 1.82) is 0 Å². The number of carbonyl (C=O) groups is 4. The first-order chi connectivity index (χ1) is 25.1. The van der Waals surface area contributed by atoms with Gasteiger partial charge < -0.3 is 29.3 Å². The van der Waals surface area contributed by atoms with Gasteiger partial charge in [-0.2, -0.15) is 0 Å². The number of halogens is 1. The molecule has 2 bridgehead atoms. The average Bonchev–Trinajstić information content (AvgIpc) is 3.76. The maximum atomic E-state index is 15.0. The van der Waals surface area contributed by atoms with Gasteiger partial charge in [-0.15, -0.1) is 13.2 Å². The smallest absolute Gasteiger partial charge is 0.313 e. The first-order valence-corrected chi connectivity index (χ1v) is 19.3. The topological polar surface area (TPSA) is 117 Å². The molecule has 1 spiro atoms. The lowest BCUT2D eigenvalue weighted by molar-refractivity contribution is -0.165. The summed E-state index contributed by atoms with van der Waals surface area (Å²) in [5.41, 5.74) is 0.0128. The lowest BCUT2D eigenvalue weighted by atomic mass is 9.70. The van der Waals surface area contributed by atoms with E-state index in [0.29, 0.717) is 30.5 Å². The van der Waals surface area contributed by atoms with Gasteiger partial charge in [-0.05, 0) is 37.3 Å². The number of fused-ring (bicyclic) bond motifs is 1. The first kappa shape index (κ1) is 39.4. The highest BCUT2D eigenvalue weighted by atomic mass is 79.9. The van der Waals surface area contributed by atoms with Gasteiger partial charge in [0.2, 0.25) is 17.7 Å². The van der Waals surface area contributed by atoms with Crippen LogP contribution in [0.4, 0.5) is 0 Å². The molecule has 5 rings (SSSR count). The predicted molar refractivity (Wildman–Crippen MR) is 202 cm³/mol. The molecule has 0 aromatic heterocycles. The van der Waals surface area contributed by atoms with Crippen molar-refractivity contribution in [1.82, 2.24) is 14.7 Å². The fraction of sp³-hybridized carbons (Fsp3) is 0.512. The van der Waals surface area contributed by atoms with Gasteiger partial charge in [-0.25, -0.2) is 0 Å². The zero-order valence-electron chi connectivity index (χ0n) is 30.4. The second-order valence-corrected chi connectivity index (χ2v) is 15.3. The molecule has 3 heterocycles. The molecule has 1 N–H and O–H groups in total. The van der Waals surface area contributed by atoms with Crippen LogP contribution in [0.15, 0.2) is 86.0 Å². The van der Waals surface area contributed by atoms with Crippen LogP contribution in [0.2, 0.25) is 0 Å². The molecule has 3 aliphatic heterocycles. The minimum atomic E-state index is -1.35. The standard InChI is InChI=1S/C41H52BrN3O7/c1-6-9-17-24-44(23-8-3)39(49)37-41-25-30(42)36(52-41)33(34(41)38(48)45(37)31(26-46)28-18-13-11-14-19-28)40(50)51-35(29-20-15-12-16-21-29)27(4)43(5)32(47)22-10-7-2/h7-8,11-16,18-21,27,30-31,33-37,46H,2-3,6,9-10,17,22-26H2,1,4-5H3/t27-,30?,31-,33-,34+,35+,36-,37-,41+/m1/s1. The molecule has 3 amide bonds. The van der Waals surface area contributed by atoms with Crippen molar-refractivity contribution in [3.05, 3.63) is 97.1 Å². The molecule has 3 aliphatic rings. The summed E-state index contributed by atoms with van der Waals surface area (Å²) in [6, 6.07) is 15.9. The molecular formula is C41H52BrN3O7. The van der Waals surface area contributed by atoms with Gasteiger partial charge in [0.15, 0.2) is 0 Å². The Bertz CT molecular complexity index is 1590. The third-order valence-electron chi connectivity index (χ3n) is 11.0. The summed E-state index contributed by atoms with van der Waals surface area (Å²) in [7, 11) is 1.69. The van der Waals surface area contributed by atoms with E-state index in [2.05, 4.69) is 36.0 Å². The Kier molecular flexibility index (Phi) is 13.1. The molecule has 1 unspecified atom stereocenters. The van der Waals surface area contributed by atoms with E-state index in [1.165, 1.54) is 4.90 Å². The minimum Gasteiger partial charge on any atom is -0.455 e. The highest BCUT2D eigenvalue weighted by Crippen LogP contribution is 2.61. The van der Waals surface area contributed by atoms with Crippen LogP contribution in [-0.2, 0) is 28.7 Å². The Labute approximate surface area is 315 Å². The van der Waals surface area contributed by atoms with E-state index in [1.807, 2.05) is 67.6 Å². The summed E-state index contributed by atoms with van der Waals surface area (Å²) in [6.45, 7) is 11.8. The SMILES string of the molecule is C=CCCC(=O)N(C)[C@H](C)[C@H](OC(=O)[C@H]1[C@@H]2O[C@@]3(CC2Br)[C@@H]1C(=O)N([C@H](CO)c1ccccc1)[C@@H]3C(=O)N(CC=C)CCCCC)c1ccccc1. The number of benzene rings is 2. The molecular weight excluding hydrogens is 726 g/mol. The van der Waals surface area contributed by atoms with Crippen molar-refractivity contribution in [2.75, 3.05) is 26.7 Å². The van der Waals surface area contributed by atoms with Crippen molar-refractivity contribution >= 4 is 39.6 Å². The van der Waals surface area contributed by atoms with Crippen LogP contribution in [0, 0.1) is 11.8 Å². The number of rotatable bonds is 18.